The molecule has 2 atom stereocenters. The summed E-state index contributed by atoms with van der Waals surface area (Å²) in [5.41, 5.74) is 1.37. The summed E-state index contributed by atoms with van der Waals surface area (Å²) in [5.74, 6) is 0.681. The Kier molecular flexibility index (Phi) is 9.89. The van der Waals surface area contributed by atoms with Gasteiger partial charge in [-0.3, -0.25) is 4.79 Å². The van der Waals surface area contributed by atoms with E-state index in [1.54, 1.807) is 19.2 Å². The van der Waals surface area contributed by atoms with Gasteiger partial charge in [-0.1, -0.05) is 20.8 Å². The van der Waals surface area contributed by atoms with Crippen molar-refractivity contribution in [2.45, 2.75) is 90.8 Å². The summed E-state index contributed by atoms with van der Waals surface area (Å²) < 4.78 is 28.8. The van der Waals surface area contributed by atoms with Gasteiger partial charge in [0.05, 0.1) is 12.3 Å². The number of nitrogens with zero attached hydrogens (tertiary/aromatic N) is 2. The molecular formula is C28H40N2O7Si. The van der Waals surface area contributed by atoms with Crippen molar-refractivity contribution >= 4 is 20.3 Å². The van der Waals surface area contributed by atoms with Gasteiger partial charge in [-0.25, -0.2) is 14.8 Å². The summed E-state index contributed by atoms with van der Waals surface area (Å²) >= 11 is 0. The second-order valence-electron chi connectivity index (χ2n) is 10.9. The molecule has 2 aromatic rings. The Hall–Kier alpha value is -2.98. The van der Waals surface area contributed by atoms with Crippen LogP contribution in [0, 0.1) is 0 Å². The van der Waals surface area contributed by atoms with E-state index in [2.05, 4.69) is 43.8 Å². The van der Waals surface area contributed by atoms with Crippen molar-refractivity contribution < 1.29 is 33.0 Å². The fraction of sp³-hybridized carbons (Fsp3) is 0.571. The molecule has 1 fully saturated rings. The average Bonchev–Trinajstić information content (AvgIpc) is 3.37. The Balaban J connectivity index is 1.88. The molecule has 0 spiro atoms. The molecule has 0 saturated carbocycles. The van der Waals surface area contributed by atoms with Crippen molar-refractivity contribution in [2.24, 2.45) is 0 Å². The van der Waals surface area contributed by atoms with Crippen LogP contribution in [0.1, 0.15) is 70.6 Å². The Bertz CT molecular complexity index is 1110. The van der Waals surface area contributed by atoms with Crippen molar-refractivity contribution in [3.8, 4) is 11.5 Å². The zero-order valence-corrected chi connectivity index (χ0v) is 24.5. The Morgan fingerprint density at radius 1 is 1.21 bits per heavy atom. The zero-order chi connectivity index (χ0) is 27.9. The average molecular weight is 545 g/mol. The predicted octanol–water partition coefficient (Wildman–Crippen LogP) is 5.33. The maximum Gasteiger partial charge on any atom is 0.347 e. The van der Waals surface area contributed by atoms with Gasteiger partial charge < -0.3 is 23.4 Å². The van der Waals surface area contributed by atoms with E-state index >= 15 is 0 Å². The molecule has 0 unspecified atom stereocenters. The van der Waals surface area contributed by atoms with Gasteiger partial charge in [0.2, 0.25) is 14.4 Å². The quantitative estimate of drug-likeness (QED) is 0.274. The van der Waals surface area contributed by atoms with Crippen LogP contribution in [0.4, 0.5) is 0 Å². The largest absolute Gasteiger partial charge is 0.543 e. The summed E-state index contributed by atoms with van der Waals surface area (Å²) in [7, 11) is -2.12. The Morgan fingerprint density at radius 3 is 2.61 bits per heavy atom. The summed E-state index contributed by atoms with van der Waals surface area (Å²) in [4.78, 5) is 33.3. The SMILES string of the molecule is CCOC(=O)[C@@H](Cc1cc(O[Si](C)(C)C(C)(C)C)ccc1OCc1ccnc([C@@H]2CCCO2)n1)OC(C)=O. The minimum atomic E-state index is -2.12. The second-order valence-corrected chi connectivity index (χ2v) is 15.6. The van der Waals surface area contributed by atoms with Gasteiger partial charge in [0, 0.05) is 31.7 Å². The first-order valence-corrected chi connectivity index (χ1v) is 16.0. The first-order chi connectivity index (χ1) is 17.9. The molecule has 1 saturated heterocycles. The van der Waals surface area contributed by atoms with Gasteiger partial charge in [-0.2, -0.15) is 0 Å². The van der Waals surface area contributed by atoms with E-state index in [9.17, 15) is 9.59 Å². The fourth-order valence-electron chi connectivity index (χ4n) is 3.76. The number of esters is 2. The van der Waals surface area contributed by atoms with Crippen LogP contribution in [-0.2, 0) is 36.8 Å². The van der Waals surface area contributed by atoms with E-state index in [0.29, 0.717) is 35.2 Å². The number of carbonyl (C=O) groups is 2. The number of rotatable bonds is 11. The van der Waals surface area contributed by atoms with Crippen LogP contribution >= 0.6 is 0 Å². The van der Waals surface area contributed by atoms with Gasteiger partial charge in [0.25, 0.3) is 0 Å². The molecule has 3 rings (SSSR count). The van der Waals surface area contributed by atoms with E-state index in [1.807, 2.05) is 18.2 Å². The van der Waals surface area contributed by atoms with E-state index in [1.165, 1.54) is 6.92 Å². The minimum Gasteiger partial charge on any atom is -0.543 e. The van der Waals surface area contributed by atoms with Crippen LogP contribution < -0.4 is 9.16 Å². The number of hydrogen-bond donors (Lipinski definition) is 0. The molecule has 0 aliphatic carbocycles. The molecule has 0 amide bonds. The minimum absolute atomic E-state index is 0.00129. The maximum atomic E-state index is 12.6. The summed E-state index contributed by atoms with van der Waals surface area (Å²) in [6, 6.07) is 7.33. The summed E-state index contributed by atoms with van der Waals surface area (Å²) in [6.45, 7) is 14.9. The molecule has 0 bridgehead atoms. The Labute approximate surface area is 226 Å². The molecule has 9 nitrogen and oxygen atoms in total. The third-order valence-corrected chi connectivity index (χ3v) is 11.2. The van der Waals surface area contributed by atoms with Crippen LogP contribution in [0.15, 0.2) is 30.5 Å². The summed E-state index contributed by atoms with van der Waals surface area (Å²) in [6.07, 6.45) is 2.47. The molecule has 1 aromatic heterocycles. The van der Waals surface area contributed by atoms with E-state index < -0.39 is 26.4 Å². The number of hydrogen-bond acceptors (Lipinski definition) is 9. The predicted molar refractivity (Wildman–Crippen MR) is 144 cm³/mol. The molecule has 38 heavy (non-hydrogen) atoms. The van der Waals surface area contributed by atoms with Crippen molar-refractivity contribution in [3.63, 3.8) is 0 Å². The third kappa shape index (κ3) is 8.01. The molecule has 0 N–H and O–H groups in total. The van der Waals surface area contributed by atoms with E-state index in [4.69, 9.17) is 23.4 Å². The van der Waals surface area contributed by atoms with Crippen LogP contribution in [-0.4, -0.2) is 49.5 Å². The molecule has 208 valence electrons. The molecule has 10 heteroatoms. The lowest BCUT2D eigenvalue weighted by molar-refractivity contribution is -0.166. The topological polar surface area (TPSA) is 106 Å². The van der Waals surface area contributed by atoms with Gasteiger partial charge in [-0.05, 0) is 62.2 Å². The highest BCUT2D eigenvalue weighted by Gasteiger charge is 2.39. The molecule has 1 aliphatic rings. The molecular weight excluding hydrogens is 504 g/mol. The highest BCUT2D eigenvalue weighted by molar-refractivity contribution is 6.74. The monoisotopic (exact) mass is 544 g/mol. The molecule has 2 heterocycles. The standard InChI is InChI=1S/C28H40N2O7Si/c1-8-33-27(32)25(36-19(2)31)17-20-16-22(37-38(6,7)28(3,4)5)11-12-23(20)35-18-21-13-14-29-26(30-21)24-10-9-15-34-24/h11-14,16,24-25H,8-10,15,17-18H2,1-7H3/t24-,25+/m0/s1. The van der Waals surface area contributed by atoms with Crippen molar-refractivity contribution in [1.29, 1.82) is 0 Å². The van der Waals surface area contributed by atoms with Crippen LogP contribution in [0.3, 0.4) is 0 Å². The first-order valence-electron chi connectivity index (χ1n) is 13.1. The van der Waals surface area contributed by atoms with Crippen LogP contribution in [0.2, 0.25) is 18.1 Å². The van der Waals surface area contributed by atoms with Crippen molar-refractivity contribution in [2.75, 3.05) is 13.2 Å². The number of carbonyl (C=O) groups excluding carboxylic acids is 2. The zero-order valence-electron chi connectivity index (χ0n) is 23.5. The van der Waals surface area contributed by atoms with E-state index in [-0.39, 0.29) is 30.8 Å². The number of aromatic nitrogens is 2. The first kappa shape index (κ1) is 29.6. The molecule has 1 aliphatic heterocycles. The fourth-order valence-corrected chi connectivity index (χ4v) is 4.78. The van der Waals surface area contributed by atoms with Gasteiger partial charge in [0.15, 0.2) is 5.82 Å². The van der Waals surface area contributed by atoms with E-state index in [0.717, 1.165) is 12.8 Å². The van der Waals surface area contributed by atoms with Crippen LogP contribution in [0.5, 0.6) is 11.5 Å². The summed E-state index contributed by atoms with van der Waals surface area (Å²) in [5, 5.41) is 0.00129. The second kappa shape index (κ2) is 12.7. The van der Waals surface area contributed by atoms with Gasteiger partial charge >= 0.3 is 11.9 Å². The number of ether oxygens (including phenoxy) is 4. The molecule has 1 aromatic carbocycles. The Morgan fingerprint density at radius 2 is 1.97 bits per heavy atom. The van der Waals surface area contributed by atoms with Crippen molar-refractivity contribution in [3.05, 3.63) is 47.5 Å². The van der Waals surface area contributed by atoms with Crippen LogP contribution in [0.25, 0.3) is 0 Å². The smallest absolute Gasteiger partial charge is 0.347 e. The molecule has 0 radical (unpaired) electrons. The number of benzene rings is 1. The van der Waals surface area contributed by atoms with Gasteiger partial charge in [-0.15, -0.1) is 0 Å². The van der Waals surface area contributed by atoms with Crippen molar-refractivity contribution in [1.82, 2.24) is 9.97 Å². The normalized spacial score (nSPS) is 16.6. The highest BCUT2D eigenvalue weighted by atomic mass is 28.4. The third-order valence-electron chi connectivity index (χ3n) is 6.80. The van der Waals surface area contributed by atoms with Gasteiger partial charge in [0.1, 0.15) is 24.2 Å². The highest BCUT2D eigenvalue weighted by Crippen LogP contribution is 2.38. The lowest BCUT2D eigenvalue weighted by Crippen LogP contribution is -2.43. The lowest BCUT2D eigenvalue weighted by Gasteiger charge is -2.36. The lowest BCUT2D eigenvalue weighted by atomic mass is 10.1. The maximum absolute atomic E-state index is 12.6.